The van der Waals surface area contributed by atoms with E-state index in [4.69, 9.17) is 0 Å². The minimum absolute atomic E-state index is 1.26. The summed E-state index contributed by atoms with van der Waals surface area (Å²) in [5, 5.41) is 0. The van der Waals surface area contributed by atoms with Crippen LogP contribution < -0.4 is 4.90 Å². The zero-order valence-corrected chi connectivity index (χ0v) is 13.3. The van der Waals surface area contributed by atoms with Crippen LogP contribution in [0.5, 0.6) is 0 Å². The van der Waals surface area contributed by atoms with Gasteiger partial charge < -0.3 is 0 Å². The van der Waals surface area contributed by atoms with E-state index in [1.807, 2.05) is 0 Å². The molecule has 0 spiro atoms. The Hall–Kier alpha value is -0.441. The molecule has 0 bridgehead atoms. The SMILES string of the molecule is CN(C)c1ccc(/C=[CH]/[Sn]([CH3])([CH3])[CH3])cc1. The summed E-state index contributed by atoms with van der Waals surface area (Å²) in [5.41, 5.74) is 2.57. The molecule has 82 valence electrons. The van der Waals surface area contributed by atoms with E-state index in [1.165, 1.54) is 11.3 Å². The molecule has 1 aromatic carbocycles. The van der Waals surface area contributed by atoms with Crippen LogP contribution in [0.1, 0.15) is 5.56 Å². The molecule has 0 aliphatic heterocycles. The van der Waals surface area contributed by atoms with E-state index >= 15 is 0 Å². The molecular formula is C13H21NSn. The predicted octanol–water partition coefficient (Wildman–Crippen LogP) is 3.64. The topological polar surface area (TPSA) is 3.24 Å². The van der Waals surface area contributed by atoms with Crippen molar-refractivity contribution in [2.24, 2.45) is 0 Å². The van der Waals surface area contributed by atoms with Crippen LogP contribution in [-0.4, -0.2) is 32.5 Å². The van der Waals surface area contributed by atoms with Gasteiger partial charge in [-0.3, -0.25) is 0 Å². The number of benzene rings is 1. The van der Waals surface area contributed by atoms with E-state index in [1.54, 1.807) is 0 Å². The molecule has 0 saturated carbocycles. The number of hydrogen-bond donors (Lipinski definition) is 0. The average Bonchev–Trinajstić information content (AvgIpc) is 2.14. The van der Waals surface area contributed by atoms with Crippen LogP contribution >= 0.6 is 0 Å². The van der Waals surface area contributed by atoms with Crippen LogP contribution in [0, 0.1) is 0 Å². The third-order valence-electron chi connectivity index (χ3n) is 2.19. The van der Waals surface area contributed by atoms with Gasteiger partial charge in [-0.2, -0.15) is 0 Å². The van der Waals surface area contributed by atoms with Crippen molar-refractivity contribution in [2.45, 2.75) is 14.8 Å². The summed E-state index contributed by atoms with van der Waals surface area (Å²) in [6.45, 7) is 0. The summed E-state index contributed by atoms with van der Waals surface area (Å²) in [6, 6.07) is 8.70. The zero-order chi connectivity index (χ0) is 11.5. The molecular weight excluding hydrogens is 289 g/mol. The standard InChI is InChI=1S/C10H12N.3CH3.Sn/c1-4-9-5-7-10(8-6-9)11(2)3;;;;/h1,4-8H,2-3H3;3*1H3;. The minimum atomic E-state index is -1.74. The van der Waals surface area contributed by atoms with Gasteiger partial charge in [0.05, 0.1) is 0 Å². The monoisotopic (exact) mass is 311 g/mol. The molecule has 0 unspecified atom stereocenters. The van der Waals surface area contributed by atoms with Crippen molar-refractivity contribution in [2.75, 3.05) is 19.0 Å². The van der Waals surface area contributed by atoms with Gasteiger partial charge in [-0.25, -0.2) is 0 Å². The predicted molar refractivity (Wildman–Crippen MR) is 73.1 cm³/mol. The van der Waals surface area contributed by atoms with E-state index in [2.05, 4.69) is 68.2 Å². The second kappa shape index (κ2) is 5.06. The van der Waals surface area contributed by atoms with Gasteiger partial charge in [0.25, 0.3) is 0 Å². The summed E-state index contributed by atoms with van der Waals surface area (Å²) in [6.07, 6.45) is 2.27. The van der Waals surface area contributed by atoms with Gasteiger partial charge in [0.15, 0.2) is 0 Å². The van der Waals surface area contributed by atoms with E-state index in [-0.39, 0.29) is 0 Å². The molecule has 0 atom stereocenters. The van der Waals surface area contributed by atoms with Crippen LogP contribution in [0.15, 0.2) is 28.4 Å². The van der Waals surface area contributed by atoms with Gasteiger partial charge in [-0.15, -0.1) is 0 Å². The fraction of sp³-hybridized carbons (Fsp3) is 0.385. The van der Waals surface area contributed by atoms with Crippen LogP contribution in [0.25, 0.3) is 6.08 Å². The molecule has 0 N–H and O–H groups in total. The Kier molecular flexibility index (Phi) is 4.26. The number of hydrogen-bond acceptors (Lipinski definition) is 1. The van der Waals surface area contributed by atoms with E-state index < -0.39 is 18.4 Å². The Balaban J connectivity index is 2.77. The summed E-state index contributed by atoms with van der Waals surface area (Å²) >= 11 is -1.74. The molecule has 0 heterocycles. The van der Waals surface area contributed by atoms with Crippen molar-refractivity contribution >= 4 is 30.1 Å². The van der Waals surface area contributed by atoms with E-state index in [0.29, 0.717) is 0 Å². The first-order chi connectivity index (χ1) is 6.88. The maximum atomic E-state index is 2.44. The Morgan fingerprint density at radius 1 is 1.00 bits per heavy atom. The molecule has 2 heteroatoms. The molecule has 1 rings (SSSR count). The molecule has 0 fully saturated rings. The summed E-state index contributed by atoms with van der Waals surface area (Å²) < 4.78 is 2.44. The van der Waals surface area contributed by atoms with Gasteiger partial charge in [0.2, 0.25) is 0 Å². The van der Waals surface area contributed by atoms with Gasteiger partial charge in [0, 0.05) is 0 Å². The van der Waals surface area contributed by atoms with Crippen LogP contribution in [0.3, 0.4) is 0 Å². The average molecular weight is 310 g/mol. The van der Waals surface area contributed by atoms with Gasteiger partial charge in [-0.1, -0.05) is 0 Å². The molecule has 0 aliphatic rings. The molecule has 0 radical (unpaired) electrons. The van der Waals surface area contributed by atoms with Crippen molar-refractivity contribution in [3.63, 3.8) is 0 Å². The molecule has 15 heavy (non-hydrogen) atoms. The fourth-order valence-electron chi connectivity index (χ4n) is 1.23. The van der Waals surface area contributed by atoms with E-state index in [9.17, 15) is 0 Å². The number of nitrogens with zero attached hydrogens (tertiary/aromatic N) is 1. The first-order valence-electron chi connectivity index (χ1n) is 5.35. The number of rotatable bonds is 3. The second-order valence-electron chi connectivity index (χ2n) is 5.19. The molecule has 0 aliphatic carbocycles. The van der Waals surface area contributed by atoms with E-state index in [0.717, 1.165) is 0 Å². The third-order valence-corrected chi connectivity index (χ3v) is 5.52. The first-order valence-corrected chi connectivity index (χ1v) is 15.6. The quantitative estimate of drug-likeness (QED) is 0.771. The van der Waals surface area contributed by atoms with Gasteiger partial charge in [-0.05, 0) is 0 Å². The molecule has 0 amide bonds. The van der Waals surface area contributed by atoms with Gasteiger partial charge in [0.1, 0.15) is 0 Å². The Morgan fingerprint density at radius 2 is 1.53 bits per heavy atom. The fourth-order valence-corrected chi connectivity index (χ4v) is 3.21. The van der Waals surface area contributed by atoms with Crippen molar-refractivity contribution < 1.29 is 0 Å². The molecule has 1 nitrogen and oxygen atoms in total. The van der Waals surface area contributed by atoms with Crippen LogP contribution in [0.4, 0.5) is 5.69 Å². The van der Waals surface area contributed by atoms with Gasteiger partial charge >= 0.3 is 97.9 Å². The summed E-state index contributed by atoms with van der Waals surface area (Å²) in [4.78, 5) is 9.37. The van der Waals surface area contributed by atoms with Crippen molar-refractivity contribution in [1.29, 1.82) is 0 Å². The first kappa shape index (κ1) is 12.6. The molecule has 1 aromatic rings. The second-order valence-corrected chi connectivity index (χ2v) is 19.6. The zero-order valence-electron chi connectivity index (χ0n) is 10.4. The van der Waals surface area contributed by atoms with Crippen molar-refractivity contribution in [3.8, 4) is 0 Å². The van der Waals surface area contributed by atoms with Crippen LogP contribution in [0.2, 0.25) is 14.8 Å². The number of anilines is 1. The third kappa shape index (κ3) is 4.74. The van der Waals surface area contributed by atoms with Crippen LogP contribution in [-0.2, 0) is 0 Å². The summed E-state index contributed by atoms with van der Waals surface area (Å²) in [7, 11) is 4.13. The molecule has 0 aromatic heterocycles. The maximum absolute atomic E-state index is 2.44. The summed E-state index contributed by atoms with van der Waals surface area (Å²) in [5.74, 6) is 0. The Bertz CT molecular complexity index is 331. The molecule has 0 saturated heterocycles. The normalized spacial score (nSPS) is 12.1. The van der Waals surface area contributed by atoms with Crippen molar-refractivity contribution in [3.05, 3.63) is 33.9 Å². The Labute approximate surface area is 97.7 Å². The van der Waals surface area contributed by atoms with Crippen molar-refractivity contribution in [1.82, 2.24) is 0 Å². The Morgan fingerprint density at radius 3 is 1.93 bits per heavy atom.